The Morgan fingerprint density at radius 3 is 2.59 bits per heavy atom. The number of anilines is 4. The molecule has 0 fully saturated rings. The molecule has 0 aliphatic carbocycles. The van der Waals surface area contributed by atoms with Crippen molar-refractivity contribution in [3.05, 3.63) is 66.0 Å². The first-order valence-corrected chi connectivity index (χ1v) is 13.2. The molecule has 0 spiro atoms. The third-order valence-electron chi connectivity index (χ3n) is 7.27. The first-order chi connectivity index (χ1) is 19.6. The van der Waals surface area contributed by atoms with E-state index >= 15 is 0 Å². The molecule has 1 amide bonds. The molecule has 0 saturated heterocycles. The van der Waals surface area contributed by atoms with E-state index in [0.29, 0.717) is 34.3 Å². The Kier molecular flexibility index (Phi) is 8.59. The molecule has 212 valence electrons. The summed E-state index contributed by atoms with van der Waals surface area (Å²) in [6.45, 7) is 9.26. The van der Waals surface area contributed by atoms with Crippen molar-refractivity contribution < 1.29 is 9.53 Å². The van der Waals surface area contributed by atoms with E-state index in [2.05, 4.69) is 55.6 Å². The lowest BCUT2D eigenvalue weighted by Gasteiger charge is -2.26. The average molecular weight is 553 g/mol. The number of nitrogens with one attached hydrogen (secondary N) is 2. The van der Waals surface area contributed by atoms with Crippen molar-refractivity contribution in [2.45, 2.75) is 13.8 Å². The van der Waals surface area contributed by atoms with E-state index in [1.165, 1.54) is 6.08 Å². The highest BCUT2D eigenvalue weighted by Crippen LogP contribution is 2.38. The highest BCUT2D eigenvalue weighted by atomic mass is 16.5. The molecule has 2 aromatic carbocycles. The Labute approximate surface area is 240 Å². The van der Waals surface area contributed by atoms with Gasteiger partial charge in [-0.3, -0.25) is 4.79 Å². The van der Waals surface area contributed by atoms with Crippen LogP contribution >= 0.6 is 0 Å². The fraction of sp³-hybridized carbons (Fsp3) is 0.290. The summed E-state index contributed by atoms with van der Waals surface area (Å²) in [4.78, 5) is 25.6. The molecule has 4 rings (SSSR count). The van der Waals surface area contributed by atoms with Crippen molar-refractivity contribution in [3.8, 4) is 23.1 Å². The van der Waals surface area contributed by atoms with E-state index in [4.69, 9.17) is 9.72 Å². The number of carbonyl (C=O) groups is 1. The van der Waals surface area contributed by atoms with Crippen LogP contribution in [0.3, 0.4) is 0 Å². The highest BCUT2D eigenvalue weighted by Gasteiger charge is 2.18. The van der Waals surface area contributed by atoms with Gasteiger partial charge in [0.1, 0.15) is 11.8 Å². The molecular weight excluding hydrogens is 516 g/mol. The van der Waals surface area contributed by atoms with Crippen LogP contribution in [-0.4, -0.2) is 66.7 Å². The number of hydrogen-bond acceptors (Lipinski definition) is 8. The maximum absolute atomic E-state index is 12.3. The summed E-state index contributed by atoms with van der Waals surface area (Å²) in [5, 5.41) is 17.1. The minimum Gasteiger partial charge on any atom is -0.494 e. The number of ether oxygens (including phenoxy) is 1. The van der Waals surface area contributed by atoms with E-state index in [1.54, 1.807) is 19.4 Å². The van der Waals surface area contributed by atoms with Gasteiger partial charge in [-0.15, -0.1) is 0 Å². The number of benzene rings is 2. The largest absolute Gasteiger partial charge is 0.494 e. The normalized spacial score (nSPS) is 10.9. The van der Waals surface area contributed by atoms with Gasteiger partial charge in [-0.05, 0) is 63.8 Å². The van der Waals surface area contributed by atoms with E-state index < -0.39 is 0 Å². The molecule has 10 nitrogen and oxygen atoms in total. The lowest BCUT2D eigenvalue weighted by molar-refractivity contribution is -0.111. The van der Waals surface area contributed by atoms with Gasteiger partial charge in [0.15, 0.2) is 0 Å². The summed E-state index contributed by atoms with van der Waals surface area (Å²) >= 11 is 0. The van der Waals surface area contributed by atoms with Gasteiger partial charge in [0, 0.05) is 56.1 Å². The second kappa shape index (κ2) is 12.1. The molecule has 41 heavy (non-hydrogen) atoms. The summed E-state index contributed by atoms with van der Waals surface area (Å²) in [5.74, 6) is 0.581. The Bertz CT molecular complexity index is 1670. The van der Waals surface area contributed by atoms with Crippen molar-refractivity contribution in [2.24, 2.45) is 7.05 Å². The smallest absolute Gasteiger partial charge is 0.247 e. The van der Waals surface area contributed by atoms with Crippen LogP contribution in [0.25, 0.3) is 22.2 Å². The molecule has 0 atom stereocenters. The average Bonchev–Trinajstić information content (AvgIpc) is 3.19. The van der Waals surface area contributed by atoms with Crippen molar-refractivity contribution in [2.75, 3.05) is 56.9 Å². The minimum atomic E-state index is -0.322. The zero-order valence-corrected chi connectivity index (χ0v) is 24.7. The van der Waals surface area contributed by atoms with Crippen LogP contribution in [0.15, 0.2) is 49.2 Å². The molecule has 0 aliphatic heterocycles. The molecular formula is C31H36N8O2. The maximum Gasteiger partial charge on any atom is 0.247 e. The summed E-state index contributed by atoms with van der Waals surface area (Å²) in [7, 11) is 9.55. The van der Waals surface area contributed by atoms with Crippen molar-refractivity contribution in [3.63, 3.8) is 0 Å². The van der Waals surface area contributed by atoms with Crippen LogP contribution in [0.1, 0.15) is 16.8 Å². The zero-order chi connectivity index (χ0) is 29.8. The second-order valence-electron chi connectivity index (χ2n) is 10.2. The van der Waals surface area contributed by atoms with Crippen molar-refractivity contribution in [1.29, 1.82) is 5.26 Å². The monoisotopic (exact) mass is 552 g/mol. The Morgan fingerprint density at radius 1 is 1.17 bits per heavy atom. The van der Waals surface area contributed by atoms with Gasteiger partial charge in [0.05, 0.1) is 40.9 Å². The van der Waals surface area contributed by atoms with Gasteiger partial charge in [0.2, 0.25) is 11.9 Å². The maximum atomic E-state index is 12.3. The number of carbonyl (C=O) groups excluding carboxylic acids is 1. The number of nitriles is 1. The number of methoxy groups -OCH3 is 1. The molecule has 2 heterocycles. The van der Waals surface area contributed by atoms with Gasteiger partial charge in [-0.1, -0.05) is 6.58 Å². The van der Waals surface area contributed by atoms with E-state index in [9.17, 15) is 10.1 Å². The van der Waals surface area contributed by atoms with E-state index in [1.807, 2.05) is 53.3 Å². The number of nitrogens with zero attached hydrogens (tertiary/aromatic N) is 6. The first-order valence-electron chi connectivity index (χ1n) is 13.2. The Balaban J connectivity index is 1.74. The number of likely N-dealkylation sites (N-methyl/N-ethyl adjacent to an activating group) is 2. The van der Waals surface area contributed by atoms with Gasteiger partial charge in [-0.25, -0.2) is 9.97 Å². The highest BCUT2D eigenvalue weighted by molar-refractivity contribution is 6.02. The quantitative estimate of drug-likeness (QED) is 0.265. The molecule has 2 N–H and O–H groups in total. The van der Waals surface area contributed by atoms with Crippen molar-refractivity contribution >= 4 is 39.8 Å². The molecule has 0 saturated carbocycles. The van der Waals surface area contributed by atoms with Crippen LogP contribution < -0.4 is 20.3 Å². The van der Waals surface area contributed by atoms with Gasteiger partial charge in [0.25, 0.3) is 0 Å². The van der Waals surface area contributed by atoms with E-state index in [0.717, 1.165) is 46.5 Å². The zero-order valence-electron chi connectivity index (χ0n) is 24.7. The number of hydrogen-bond donors (Lipinski definition) is 2. The summed E-state index contributed by atoms with van der Waals surface area (Å²) in [6.07, 6.45) is 2.90. The molecule has 0 aliphatic rings. The fourth-order valence-corrected chi connectivity index (χ4v) is 4.73. The minimum absolute atomic E-state index is 0.322. The molecule has 10 heteroatoms. The molecule has 0 radical (unpaired) electrons. The third kappa shape index (κ3) is 6.00. The van der Waals surface area contributed by atoms with Crippen LogP contribution in [0.2, 0.25) is 0 Å². The van der Waals surface area contributed by atoms with Crippen LogP contribution in [0.4, 0.5) is 23.0 Å². The third-order valence-corrected chi connectivity index (χ3v) is 7.27. The predicted molar refractivity (Wildman–Crippen MR) is 165 cm³/mol. The van der Waals surface area contributed by atoms with Crippen molar-refractivity contribution in [1.82, 2.24) is 19.4 Å². The number of aromatic nitrogens is 3. The molecule has 2 aromatic heterocycles. The lowest BCUT2D eigenvalue weighted by atomic mass is 10.0. The Morgan fingerprint density at radius 2 is 1.93 bits per heavy atom. The standard InChI is InChI=1S/C31H36N8O2/c1-9-29(40)34-25-16-26(28(41-8)17-27(25)38(6)13-12-37(4)5)36-31-33-11-10-24(35-31)21-14-22(18-32)30-23(15-21)19(2)20(3)39(30)7/h9-11,14-17H,1,12-13H2,2-8H3,(H,34,40)(H,33,35,36). The molecule has 0 unspecified atom stereocenters. The predicted octanol–water partition coefficient (Wildman–Crippen LogP) is 5.00. The fourth-order valence-electron chi connectivity index (χ4n) is 4.73. The Hall–Kier alpha value is -4.88. The number of amides is 1. The summed E-state index contributed by atoms with van der Waals surface area (Å²) < 4.78 is 7.77. The number of rotatable bonds is 10. The SMILES string of the molecule is C=CC(=O)Nc1cc(Nc2nccc(-c3cc(C#N)c4c(c3)c(C)c(C)n4C)n2)c(OC)cc1N(C)CCN(C)C. The lowest BCUT2D eigenvalue weighted by Crippen LogP contribution is -2.29. The number of aryl methyl sites for hydroxylation is 2. The summed E-state index contributed by atoms with van der Waals surface area (Å²) in [5.41, 5.74) is 7.19. The molecule has 4 aromatic rings. The van der Waals surface area contributed by atoms with Crippen LogP contribution in [0, 0.1) is 25.2 Å². The van der Waals surface area contributed by atoms with Gasteiger partial charge >= 0.3 is 0 Å². The summed E-state index contributed by atoms with van der Waals surface area (Å²) in [6, 6.07) is 11.7. The van der Waals surface area contributed by atoms with Crippen LogP contribution in [0.5, 0.6) is 5.75 Å². The van der Waals surface area contributed by atoms with Gasteiger partial charge < -0.3 is 29.7 Å². The number of fused-ring (bicyclic) bond motifs is 1. The first kappa shape index (κ1) is 29.1. The van der Waals surface area contributed by atoms with E-state index in [-0.39, 0.29) is 5.91 Å². The second-order valence-corrected chi connectivity index (χ2v) is 10.2. The van der Waals surface area contributed by atoms with Crippen LogP contribution in [-0.2, 0) is 11.8 Å². The molecule has 0 bridgehead atoms. The topological polar surface area (TPSA) is 111 Å². The van der Waals surface area contributed by atoms with Gasteiger partial charge in [-0.2, -0.15) is 5.26 Å².